The summed E-state index contributed by atoms with van der Waals surface area (Å²) < 4.78 is 13.2. The molecule has 0 aliphatic heterocycles. The normalized spacial score (nSPS) is 10.6. The molecule has 3 N–H and O–H groups in total. The molecule has 0 amide bonds. The van der Waals surface area contributed by atoms with Crippen molar-refractivity contribution >= 4 is 17.6 Å². The zero-order chi connectivity index (χ0) is 14.7. The van der Waals surface area contributed by atoms with Crippen LogP contribution in [0.4, 0.5) is 4.39 Å². The first-order valence-electron chi connectivity index (χ1n) is 6.30. The Labute approximate surface area is 122 Å². The van der Waals surface area contributed by atoms with Gasteiger partial charge in [-0.05, 0) is 43.2 Å². The summed E-state index contributed by atoms with van der Waals surface area (Å²) in [5.41, 5.74) is 9.32. The average molecular weight is 288 g/mol. The van der Waals surface area contributed by atoms with E-state index in [1.54, 1.807) is 17.8 Å². The third-order valence-electron chi connectivity index (χ3n) is 3.08. The lowest BCUT2D eigenvalue weighted by Crippen LogP contribution is -2.13. The molecule has 2 aromatic rings. The van der Waals surface area contributed by atoms with Crippen molar-refractivity contribution in [2.24, 2.45) is 5.73 Å². The number of halogens is 1. The Bertz CT molecular complexity index is 653. The highest BCUT2D eigenvalue weighted by atomic mass is 32.2. The third-order valence-corrected chi connectivity index (χ3v) is 4.30. The number of rotatable bonds is 4. The molecule has 4 heteroatoms. The first kappa shape index (κ1) is 14.6. The molecule has 0 bridgehead atoms. The molecule has 2 nitrogen and oxygen atoms in total. The van der Waals surface area contributed by atoms with Gasteiger partial charge in [0.2, 0.25) is 0 Å². The number of hydrogen-bond donors (Lipinski definition) is 2. The van der Waals surface area contributed by atoms with Crippen LogP contribution in [0.5, 0.6) is 0 Å². The number of nitrogens with one attached hydrogen (secondary N) is 1. The van der Waals surface area contributed by atoms with E-state index in [-0.39, 0.29) is 11.7 Å². The van der Waals surface area contributed by atoms with Crippen molar-refractivity contribution in [3.8, 4) is 0 Å². The van der Waals surface area contributed by atoms with Crippen molar-refractivity contribution in [2.45, 2.75) is 24.5 Å². The Balaban J connectivity index is 2.20. The summed E-state index contributed by atoms with van der Waals surface area (Å²) in [7, 11) is 0. The smallest absolute Gasteiger partial charge is 0.123 e. The fourth-order valence-electron chi connectivity index (χ4n) is 2.04. The summed E-state index contributed by atoms with van der Waals surface area (Å²) in [6.45, 7) is 4.14. The number of aryl methyl sites for hydroxylation is 2. The lowest BCUT2D eigenvalue weighted by atomic mass is 10.1. The highest BCUT2D eigenvalue weighted by Crippen LogP contribution is 2.28. The van der Waals surface area contributed by atoms with Gasteiger partial charge < -0.3 is 5.73 Å². The van der Waals surface area contributed by atoms with Crippen molar-refractivity contribution in [1.29, 1.82) is 5.41 Å². The molecule has 2 rings (SSSR count). The molecule has 0 unspecified atom stereocenters. The van der Waals surface area contributed by atoms with Crippen molar-refractivity contribution < 1.29 is 4.39 Å². The van der Waals surface area contributed by atoms with Crippen LogP contribution in [-0.4, -0.2) is 5.84 Å². The van der Waals surface area contributed by atoms with Gasteiger partial charge >= 0.3 is 0 Å². The van der Waals surface area contributed by atoms with Crippen LogP contribution in [0, 0.1) is 25.1 Å². The van der Waals surface area contributed by atoms with Crippen LogP contribution in [0.1, 0.15) is 22.3 Å². The van der Waals surface area contributed by atoms with Crippen molar-refractivity contribution in [3.63, 3.8) is 0 Å². The molecule has 2 aromatic carbocycles. The highest BCUT2D eigenvalue weighted by molar-refractivity contribution is 7.98. The second-order valence-corrected chi connectivity index (χ2v) is 5.79. The minimum atomic E-state index is -0.365. The molecule has 0 atom stereocenters. The molecule has 0 saturated carbocycles. The SMILES string of the molecule is Cc1ccc(SCc2ccc(F)cc2C(=N)N)c(C)c1. The minimum Gasteiger partial charge on any atom is -0.384 e. The zero-order valence-corrected chi connectivity index (χ0v) is 12.4. The van der Waals surface area contributed by atoms with Gasteiger partial charge in [-0.25, -0.2) is 4.39 Å². The van der Waals surface area contributed by atoms with E-state index in [2.05, 4.69) is 32.0 Å². The molecule has 0 saturated heterocycles. The zero-order valence-electron chi connectivity index (χ0n) is 11.5. The first-order chi connectivity index (χ1) is 9.47. The number of thioether (sulfide) groups is 1. The van der Waals surface area contributed by atoms with Gasteiger partial charge in [0.1, 0.15) is 11.7 Å². The Hall–Kier alpha value is -1.81. The molecule has 0 heterocycles. The molecule has 0 aromatic heterocycles. The standard InChI is InChI=1S/C16H17FN2S/c1-10-3-6-15(11(2)7-10)20-9-12-4-5-13(17)8-14(12)16(18)19/h3-8H,9H2,1-2H3,(H3,18,19). The van der Waals surface area contributed by atoms with Crippen LogP contribution in [-0.2, 0) is 5.75 Å². The lowest BCUT2D eigenvalue weighted by molar-refractivity contribution is 0.627. The first-order valence-corrected chi connectivity index (χ1v) is 7.29. The van der Waals surface area contributed by atoms with E-state index in [1.165, 1.54) is 28.2 Å². The summed E-state index contributed by atoms with van der Waals surface area (Å²) in [4.78, 5) is 1.19. The second-order valence-electron chi connectivity index (χ2n) is 4.77. The van der Waals surface area contributed by atoms with Gasteiger partial charge in [0.25, 0.3) is 0 Å². The predicted octanol–water partition coefficient (Wildman–Crippen LogP) is 4.02. The average Bonchev–Trinajstić information content (AvgIpc) is 2.38. The monoisotopic (exact) mass is 288 g/mol. The maximum Gasteiger partial charge on any atom is 0.123 e. The molecule has 0 radical (unpaired) electrons. The number of benzene rings is 2. The van der Waals surface area contributed by atoms with Crippen molar-refractivity contribution in [3.05, 3.63) is 64.5 Å². The Morgan fingerprint density at radius 2 is 1.95 bits per heavy atom. The molecule has 20 heavy (non-hydrogen) atoms. The van der Waals surface area contributed by atoms with Gasteiger partial charge in [-0.2, -0.15) is 0 Å². The maximum atomic E-state index is 13.2. The Morgan fingerprint density at radius 1 is 1.20 bits per heavy atom. The number of nitrogens with two attached hydrogens (primary N) is 1. The van der Waals surface area contributed by atoms with Crippen molar-refractivity contribution in [2.75, 3.05) is 0 Å². The van der Waals surface area contributed by atoms with Crippen LogP contribution < -0.4 is 5.73 Å². The summed E-state index contributed by atoms with van der Waals surface area (Å²) in [6, 6.07) is 10.7. The van der Waals surface area contributed by atoms with E-state index < -0.39 is 0 Å². The topological polar surface area (TPSA) is 49.9 Å². The Morgan fingerprint density at radius 3 is 2.60 bits per heavy atom. The van der Waals surface area contributed by atoms with Gasteiger partial charge in [-0.1, -0.05) is 23.8 Å². The molecule has 0 aliphatic carbocycles. The third kappa shape index (κ3) is 3.39. The van der Waals surface area contributed by atoms with E-state index in [9.17, 15) is 4.39 Å². The molecular formula is C16H17FN2S. The number of nitrogen functional groups attached to an aromatic ring is 1. The summed E-state index contributed by atoms with van der Waals surface area (Å²) in [6.07, 6.45) is 0. The van der Waals surface area contributed by atoms with Crippen LogP contribution in [0.3, 0.4) is 0 Å². The molecule has 0 fully saturated rings. The van der Waals surface area contributed by atoms with Crippen molar-refractivity contribution in [1.82, 2.24) is 0 Å². The lowest BCUT2D eigenvalue weighted by Gasteiger charge is -2.10. The highest BCUT2D eigenvalue weighted by Gasteiger charge is 2.08. The fraction of sp³-hybridized carbons (Fsp3) is 0.188. The van der Waals surface area contributed by atoms with Gasteiger partial charge in [-0.15, -0.1) is 11.8 Å². The molecule has 0 spiro atoms. The molecular weight excluding hydrogens is 271 g/mol. The quantitative estimate of drug-likeness (QED) is 0.507. The van der Waals surface area contributed by atoms with E-state index in [0.717, 1.165) is 5.56 Å². The van der Waals surface area contributed by atoms with Gasteiger partial charge in [0.05, 0.1) is 0 Å². The largest absolute Gasteiger partial charge is 0.384 e. The number of amidine groups is 1. The molecule has 104 valence electrons. The fourth-order valence-corrected chi connectivity index (χ4v) is 3.06. The van der Waals surface area contributed by atoms with Gasteiger partial charge in [0, 0.05) is 16.2 Å². The summed E-state index contributed by atoms with van der Waals surface area (Å²) in [5, 5.41) is 7.53. The van der Waals surface area contributed by atoms with Crippen LogP contribution in [0.25, 0.3) is 0 Å². The van der Waals surface area contributed by atoms with Crippen LogP contribution >= 0.6 is 11.8 Å². The molecule has 0 aliphatic rings. The summed E-state index contributed by atoms with van der Waals surface area (Å²) >= 11 is 1.67. The maximum absolute atomic E-state index is 13.2. The predicted molar refractivity (Wildman–Crippen MR) is 82.9 cm³/mol. The van der Waals surface area contributed by atoms with Crippen LogP contribution in [0.2, 0.25) is 0 Å². The van der Waals surface area contributed by atoms with E-state index >= 15 is 0 Å². The second kappa shape index (κ2) is 6.09. The Kier molecular flexibility index (Phi) is 4.45. The van der Waals surface area contributed by atoms with Crippen LogP contribution in [0.15, 0.2) is 41.3 Å². The van der Waals surface area contributed by atoms with E-state index in [0.29, 0.717) is 11.3 Å². The summed E-state index contributed by atoms with van der Waals surface area (Å²) in [5.74, 6) is 0.204. The minimum absolute atomic E-state index is 0.0965. The van der Waals surface area contributed by atoms with E-state index in [4.69, 9.17) is 11.1 Å². The number of hydrogen-bond acceptors (Lipinski definition) is 2. The van der Waals surface area contributed by atoms with Gasteiger partial charge in [0.15, 0.2) is 0 Å². The van der Waals surface area contributed by atoms with E-state index in [1.807, 2.05) is 0 Å². The van der Waals surface area contributed by atoms with Gasteiger partial charge in [-0.3, -0.25) is 5.41 Å².